The predicted molar refractivity (Wildman–Crippen MR) is 89.2 cm³/mol. The molecule has 1 heterocycles. The van der Waals surface area contributed by atoms with Crippen molar-refractivity contribution < 1.29 is 9.59 Å². The average Bonchev–Trinajstić information content (AvgIpc) is 3.06. The maximum atomic E-state index is 12.3. The normalized spacial score (nSPS) is 12.0. The Balaban J connectivity index is 2.11. The van der Waals surface area contributed by atoms with Crippen molar-refractivity contribution >= 4 is 17.5 Å². The van der Waals surface area contributed by atoms with Crippen LogP contribution in [0, 0.1) is 5.92 Å². The second-order valence-electron chi connectivity index (χ2n) is 5.80. The van der Waals surface area contributed by atoms with Gasteiger partial charge in [-0.25, -0.2) is 0 Å². The number of aromatic nitrogens is 2. The number of para-hydroxylation sites is 1. The number of rotatable bonds is 6. The molecule has 122 valence electrons. The fourth-order valence-electron chi connectivity index (χ4n) is 2.05. The zero-order valence-electron chi connectivity index (χ0n) is 13.6. The van der Waals surface area contributed by atoms with E-state index in [0.29, 0.717) is 23.7 Å². The van der Waals surface area contributed by atoms with Gasteiger partial charge in [0, 0.05) is 18.9 Å². The van der Waals surface area contributed by atoms with E-state index in [1.807, 2.05) is 13.8 Å². The lowest BCUT2D eigenvalue weighted by molar-refractivity contribution is -0.119. The molecule has 1 aromatic heterocycles. The van der Waals surface area contributed by atoms with Gasteiger partial charge in [0.2, 0.25) is 5.91 Å². The van der Waals surface area contributed by atoms with Gasteiger partial charge in [-0.2, -0.15) is 5.10 Å². The first-order valence-electron chi connectivity index (χ1n) is 7.66. The molecule has 2 rings (SSSR count). The van der Waals surface area contributed by atoms with Gasteiger partial charge in [0.25, 0.3) is 5.91 Å². The number of carbonyl (C=O) groups is 2. The number of nitrogens with one attached hydrogen (secondary N) is 2. The van der Waals surface area contributed by atoms with E-state index >= 15 is 0 Å². The van der Waals surface area contributed by atoms with E-state index < -0.39 is 6.04 Å². The summed E-state index contributed by atoms with van der Waals surface area (Å²) in [4.78, 5) is 24.6. The summed E-state index contributed by atoms with van der Waals surface area (Å²) in [7, 11) is 0. The van der Waals surface area contributed by atoms with Crippen molar-refractivity contribution in [3.05, 3.63) is 48.3 Å². The summed E-state index contributed by atoms with van der Waals surface area (Å²) in [6.45, 7) is 6.40. The number of hydrogen-bond acceptors (Lipinski definition) is 3. The van der Waals surface area contributed by atoms with Crippen LogP contribution in [0.15, 0.2) is 42.7 Å². The molecule has 6 heteroatoms. The number of amides is 2. The van der Waals surface area contributed by atoms with E-state index in [-0.39, 0.29) is 11.8 Å². The zero-order valence-corrected chi connectivity index (χ0v) is 13.6. The second kappa shape index (κ2) is 7.58. The van der Waals surface area contributed by atoms with E-state index in [0.717, 1.165) is 0 Å². The fourth-order valence-corrected chi connectivity index (χ4v) is 2.05. The first-order valence-corrected chi connectivity index (χ1v) is 7.66. The maximum absolute atomic E-state index is 12.3. The SMILES string of the molecule is CC(C)CNC(=O)c1ccccc1NC(=O)C(C)n1cccn1. The Labute approximate surface area is 135 Å². The molecule has 23 heavy (non-hydrogen) atoms. The zero-order chi connectivity index (χ0) is 16.8. The summed E-state index contributed by atoms with van der Waals surface area (Å²) >= 11 is 0. The number of hydrogen-bond donors (Lipinski definition) is 2. The lowest BCUT2D eigenvalue weighted by Crippen LogP contribution is -2.29. The Hall–Kier alpha value is -2.63. The standard InChI is InChI=1S/C17H22N4O2/c1-12(2)11-18-17(23)14-7-4-5-8-15(14)20-16(22)13(3)21-10-6-9-19-21/h4-10,12-13H,11H2,1-3H3,(H,18,23)(H,20,22). The van der Waals surface area contributed by atoms with Gasteiger partial charge in [-0.05, 0) is 31.0 Å². The van der Waals surface area contributed by atoms with Crippen molar-refractivity contribution in [1.29, 1.82) is 0 Å². The molecule has 0 aliphatic heterocycles. The summed E-state index contributed by atoms with van der Waals surface area (Å²) in [6.07, 6.45) is 3.35. The maximum Gasteiger partial charge on any atom is 0.253 e. The first kappa shape index (κ1) is 16.7. The molecule has 0 radical (unpaired) electrons. The molecule has 0 bridgehead atoms. The molecule has 0 spiro atoms. The summed E-state index contributed by atoms with van der Waals surface area (Å²) < 4.78 is 1.57. The van der Waals surface area contributed by atoms with Gasteiger partial charge in [0.1, 0.15) is 6.04 Å². The number of anilines is 1. The van der Waals surface area contributed by atoms with Crippen LogP contribution in [-0.4, -0.2) is 28.1 Å². The molecule has 1 atom stereocenters. The Morgan fingerprint density at radius 3 is 2.57 bits per heavy atom. The van der Waals surface area contributed by atoms with Crippen molar-refractivity contribution in [2.24, 2.45) is 5.92 Å². The van der Waals surface area contributed by atoms with Crippen LogP contribution in [0.2, 0.25) is 0 Å². The summed E-state index contributed by atoms with van der Waals surface area (Å²) in [5.41, 5.74) is 0.951. The number of carbonyl (C=O) groups excluding carboxylic acids is 2. The minimum atomic E-state index is -0.461. The minimum Gasteiger partial charge on any atom is -0.352 e. The third-order valence-corrected chi connectivity index (χ3v) is 3.40. The molecular weight excluding hydrogens is 292 g/mol. The van der Waals surface area contributed by atoms with Crippen LogP contribution in [0.4, 0.5) is 5.69 Å². The van der Waals surface area contributed by atoms with Crippen LogP contribution in [0.1, 0.15) is 37.2 Å². The predicted octanol–water partition coefficient (Wildman–Crippen LogP) is 2.47. The number of nitrogens with zero attached hydrogens (tertiary/aromatic N) is 2. The van der Waals surface area contributed by atoms with Gasteiger partial charge in [0.05, 0.1) is 11.3 Å². The van der Waals surface area contributed by atoms with Crippen LogP contribution < -0.4 is 10.6 Å². The molecule has 2 amide bonds. The third kappa shape index (κ3) is 4.42. The molecule has 0 saturated carbocycles. The van der Waals surface area contributed by atoms with E-state index in [4.69, 9.17) is 0 Å². The monoisotopic (exact) mass is 314 g/mol. The number of benzene rings is 1. The van der Waals surface area contributed by atoms with Gasteiger partial charge in [-0.1, -0.05) is 26.0 Å². The van der Waals surface area contributed by atoms with E-state index in [1.165, 1.54) is 0 Å². The molecule has 0 aliphatic carbocycles. The molecule has 2 N–H and O–H groups in total. The summed E-state index contributed by atoms with van der Waals surface area (Å²) in [5, 5.41) is 9.73. The second-order valence-corrected chi connectivity index (χ2v) is 5.80. The molecule has 1 aromatic carbocycles. The van der Waals surface area contributed by atoms with Crippen molar-refractivity contribution in [2.75, 3.05) is 11.9 Å². The van der Waals surface area contributed by atoms with Gasteiger partial charge in [-0.15, -0.1) is 0 Å². The summed E-state index contributed by atoms with van der Waals surface area (Å²) in [5.74, 6) is -0.0558. The Kier molecular flexibility index (Phi) is 5.51. The van der Waals surface area contributed by atoms with Crippen LogP contribution in [-0.2, 0) is 4.79 Å². The fraction of sp³-hybridized carbons (Fsp3) is 0.353. The highest BCUT2D eigenvalue weighted by atomic mass is 16.2. The molecule has 1 unspecified atom stereocenters. The molecular formula is C17H22N4O2. The average molecular weight is 314 g/mol. The molecule has 6 nitrogen and oxygen atoms in total. The van der Waals surface area contributed by atoms with E-state index in [2.05, 4.69) is 15.7 Å². The Bertz CT molecular complexity index is 665. The third-order valence-electron chi connectivity index (χ3n) is 3.40. The Morgan fingerprint density at radius 2 is 1.91 bits per heavy atom. The minimum absolute atomic E-state index is 0.193. The molecule has 0 saturated heterocycles. The smallest absolute Gasteiger partial charge is 0.253 e. The van der Waals surface area contributed by atoms with Crippen LogP contribution >= 0.6 is 0 Å². The van der Waals surface area contributed by atoms with Crippen molar-refractivity contribution in [3.63, 3.8) is 0 Å². The Morgan fingerprint density at radius 1 is 1.17 bits per heavy atom. The van der Waals surface area contributed by atoms with Crippen molar-refractivity contribution in [2.45, 2.75) is 26.8 Å². The topological polar surface area (TPSA) is 76.0 Å². The van der Waals surface area contributed by atoms with Gasteiger partial charge >= 0.3 is 0 Å². The lowest BCUT2D eigenvalue weighted by Gasteiger charge is -2.15. The molecule has 0 aliphatic rings. The van der Waals surface area contributed by atoms with Crippen LogP contribution in [0.25, 0.3) is 0 Å². The van der Waals surface area contributed by atoms with Gasteiger partial charge < -0.3 is 10.6 Å². The van der Waals surface area contributed by atoms with Crippen molar-refractivity contribution in [1.82, 2.24) is 15.1 Å². The van der Waals surface area contributed by atoms with Gasteiger partial charge in [-0.3, -0.25) is 14.3 Å². The largest absolute Gasteiger partial charge is 0.352 e. The highest BCUT2D eigenvalue weighted by Gasteiger charge is 2.18. The highest BCUT2D eigenvalue weighted by molar-refractivity contribution is 6.04. The molecule has 0 fully saturated rings. The lowest BCUT2D eigenvalue weighted by atomic mass is 10.1. The van der Waals surface area contributed by atoms with Gasteiger partial charge in [0.15, 0.2) is 0 Å². The quantitative estimate of drug-likeness (QED) is 0.860. The van der Waals surface area contributed by atoms with Crippen molar-refractivity contribution in [3.8, 4) is 0 Å². The van der Waals surface area contributed by atoms with E-state index in [9.17, 15) is 9.59 Å². The first-order chi connectivity index (χ1) is 11.0. The molecule has 2 aromatic rings. The highest BCUT2D eigenvalue weighted by Crippen LogP contribution is 2.17. The van der Waals surface area contributed by atoms with Crippen LogP contribution in [0.3, 0.4) is 0 Å². The van der Waals surface area contributed by atoms with E-state index in [1.54, 1.807) is 54.3 Å². The summed E-state index contributed by atoms with van der Waals surface area (Å²) in [6, 6.07) is 8.28. The van der Waals surface area contributed by atoms with Crippen LogP contribution in [0.5, 0.6) is 0 Å².